The molecular formula is C18H21NO2. The van der Waals surface area contributed by atoms with Crippen LogP contribution in [0.25, 0.3) is 0 Å². The molecule has 3 heteroatoms. The first-order chi connectivity index (χ1) is 9.90. The Labute approximate surface area is 125 Å². The van der Waals surface area contributed by atoms with Crippen LogP contribution in [0.3, 0.4) is 0 Å². The summed E-state index contributed by atoms with van der Waals surface area (Å²) in [5, 5.41) is 13.3. The lowest BCUT2D eigenvalue weighted by Crippen LogP contribution is -2.38. The summed E-state index contributed by atoms with van der Waals surface area (Å²) in [5.41, 5.74) is 2.32. The van der Waals surface area contributed by atoms with Gasteiger partial charge in [-0.1, -0.05) is 48.0 Å². The fourth-order valence-corrected chi connectivity index (χ4v) is 2.23. The van der Waals surface area contributed by atoms with E-state index in [4.69, 9.17) is 0 Å². The van der Waals surface area contributed by atoms with E-state index in [9.17, 15) is 9.90 Å². The topological polar surface area (TPSA) is 49.3 Å². The maximum atomic E-state index is 12.3. The van der Waals surface area contributed by atoms with E-state index < -0.39 is 5.60 Å². The molecule has 0 aliphatic heterocycles. The van der Waals surface area contributed by atoms with Crippen LogP contribution < -0.4 is 5.32 Å². The Morgan fingerprint density at radius 3 is 2.48 bits per heavy atom. The molecule has 1 atom stereocenters. The van der Waals surface area contributed by atoms with E-state index in [-0.39, 0.29) is 12.5 Å². The van der Waals surface area contributed by atoms with E-state index in [1.165, 1.54) is 0 Å². The second kappa shape index (κ2) is 6.10. The highest BCUT2D eigenvalue weighted by Gasteiger charge is 2.24. The number of carbonyl (C=O) groups is 1. The molecule has 0 aromatic heterocycles. The van der Waals surface area contributed by atoms with Gasteiger partial charge in [-0.25, -0.2) is 0 Å². The normalized spacial score (nSPS) is 13.5. The number of nitrogens with one attached hydrogen (secondary N) is 1. The first-order valence-corrected chi connectivity index (χ1v) is 7.03. The van der Waals surface area contributed by atoms with Crippen molar-refractivity contribution in [3.63, 3.8) is 0 Å². The standard InChI is InChI=1S/C18H21NO2/c1-13-9-10-14(2)16(11-13)17(20)19-12-18(3,21)15-7-5-4-6-8-15/h4-11,21H,12H2,1-3H3,(H,19,20)/t18-/m0/s1. The van der Waals surface area contributed by atoms with Crippen molar-refractivity contribution in [3.05, 3.63) is 70.8 Å². The van der Waals surface area contributed by atoms with E-state index in [0.29, 0.717) is 5.56 Å². The molecule has 0 saturated heterocycles. The van der Waals surface area contributed by atoms with E-state index >= 15 is 0 Å². The molecule has 0 saturated carbocycles. The Kier molecular flexibility index (Phi) is 4.43. The van der Waals surface area contributed by atoms with Crippen molar-refractivity contribution in [2.24, 2.45) is 0 Å². The predicted octanol–water partition coefficient (Wildman–Crippen LogP) is 2.94. The lowest BCUT2D eigenvalue weighted by atomic mass is 9.96. The summed E-state index contributed by atoms with van der Waals surface area (Å²) in [6, 6.07) is 15.1. The van der Waals surface area contributed by atoms with Gasteiger partial charge in [0.15, 0.2) is 0 Å². The lowest BCUT2D eigenvalue weighted by Gasteiger charge is -2.24. The number of hydrogen-bond donors (Lipinski definition) is 2. The summed E-state index contributed by atoms with van der Waals surface area (Å²) in [6.07, 6.45) is 0. The fraction of sp³-hybridized carbons (Fsp3) is 0.278. The SMILES string of the molecule is Cc1ccc(C)c(C(=O)NC[C@](C)(O)c2ccccc2)c1. The van der Waals surface area contributed by atoms with Gasteiger partial charge in [0, 0.05) is 5.56 Å². The second-order valence-electron chi connectivity index (χ2n) is 5.64. The van der Waals surface area contributed by atoms with Gasteiger partial charge in [-0.15, -0.1) is 0 Å². The highest BCUT2D eigenvalue weighted by molar-refractivity contribution is 5.95. The molecule has 0 heterocycles. The molecule has 3 nitrogen and oxygen atoms in total. The van der Waals surface area contributed by atoms with Crippen LogP contribution in [0.15, 0.2) is 48.5 Å². The van der Waals surface area contributed by atoms with Crippen molar-refractivity contribution in [1.29, 1.82) is 0 Å². The number of carbonyl (C=O) groups excluding carboxylic acids is 1. The Hall–Kier alpha value is -2.13. The Morgan fingerprint density at radius 1 is 1.14 bits per heavy atom. The minimum atomic E-state index is -1.09. The summed E-state index contributed by atoms with van der Waals surface area (Å²) in [6.45, 7) is 5.73. The first kappa shape index (κ1) is 15.3. The lowest BCUT2D eigenvalue weighted by molar-refractivity contribution is 0.0526. The molecule has 2 N–H and O–H groups in total. The van der Waals surface area contributed by atoms with Crippen LogP contribution in [0.1, 0.15) is 34.0 Å². The number of hydrogen-bond acceptors (Lipinski definition) is 2. The maximum Gasteiger partial charge on any atom is 0.251 e. The van der Waals surface area contributed by atoms with Crippen LogP contribution in [-0.2, 0) is 5.60 Å². The van der Waals surface area contributed by atoms with Gasteiger partial charge in [0.1, 0.15) is 5.60 Å². The van der Waals surface area contributed by atoms with Gasteiger partial charge in [-0.2, -0.15) is 0 Å². The van der Waals surface area contributed by atoms with E-state index in [2.05, 4.69) is 5.32 Å². The van der Waals surface area contributed by atoms with Crippen molar-refractivity contribution < 1.29 is 9.90 Å². The van der Waals surface area contributed by atoms with Gasteiger partial charge < -0.3 is 10.4 Å². The highest BCUT2D eigenvalue weighted by Crippen LogP contribution is 2.19. The van der Waals surface area contributed by atoms with Crippen LogP contribution in [0.2, 0.25) is 0 Å². The highest BCUT2D eigenvalue weighted by atomic mass is 16.3. The molecule has 0 fully saturated rings. The molecule has 21 heavy (non-hydrogen) atoms. The number of benzene rings is 2. The minimum Gasteiger partial charge on any atom is -0.384 e. The average molecular weight is 283 g/mol. The van der Waals surface area contributed by atoms with Crippen molar-refractivity contribution in [2.75, 3.05) is 6.54 Å². The Bertz CT molecular complexity index is 633. The summed E-state index contributed by atoms with van der Waals surface area (Å²) in [4.78, 5) is 12.3. The Balaban J connectivity index is 2.09. The zero-order chi connectivity index (χ0) is 15.5. The average Bonchev–Trinajstić information content (AvgIpc) is 2.48. The molecule has 1 amide bonds. The van der Waals surface area contributed by atoms with Crippen LogP contribution in [0, 0.1) is 13.8 Å². The molecule has 0 aliphatic carbocycles. The molecule has 2 aromatic rings. The number of amides is 1. The molecule has 0 aliphatic rings. The first-order valence-electron chi connectivity index (χ1n) is 7.03. The number of aliphatic hydroxyl groups is 1. The molecule has 2 aromatic carbocycles. The van der Waals surface area contributed by atoms with Crippen molar-refractivity contribution in [2.45, 2.75) is 26.4 Å². The van der Waals surface area contributed by atoms with Crippen LogP contribution in [-0.4, -0.2) is 17.6 Å². The summed E-state index contributed by atoms with van der Waals surface area (Å²) < 4.78 is 0. The maximum absolute atomic E-state index is 12.3. The molecular weight excluding hydrogens is 262 g/mol. The van der Waals surface area contributed by atoms with Gasteiger partial charge >= 0.3 is 0 Å². The number of rotatable bonds is 4. The summed E-state index contributed by atoms with van der Waals surface area (Å²) >= 11 is 0. The van der Waals surface area contributed by atoms with E-state index in [0.717, 1.165) is 16.7 Å². The van der Waals surface area contributed by atoms with Gasteiger partial charge in [-0.3, -0.25) is 4.79 Å². The molecule has 2 rings (SSSR count). The second-order valence-corrected chi connectivity index (χ2v) is 5.64. The third-order valence-corrected chi connectivity index (χ3v) is 3.63. The zero-order valence-corrected chi connectivity index (χ0v) is 12.7. The van der Waals surface area contributed by atoms with Crippen LogP contribution in [0.5, 0.6) is 0 Å². The van der Waals surface area contributed by atoms with Crippen molar-refractivity contribution in [3.8, 4) is 0 Å². The van der Waals surface area contributed by atoms with Crippen LogP contribution >= 0.6 is 0 Å². The molecule has 0 spiro atoms. The van der Waals surface area contributed by atoms with Gasteiger partial charge in [0.2, 0.25) is 0 Å². The predicted molar refractivity (Wildman–Crippen MR) is 84.3 cm³/mol. The van der Waals surface area contributed by atoms with Crippen LogP contribution in [0.4, 0.5) is 0 Å². The third-order valence-electron chi connectivity index (χ3n) is 3.63. The summed E-state index contributed by atoms with van der Waals surface area (Å²) in [7, 11) is 0. The van der Waals surface area contributed by atoms with E-state index in [1.54, 1.807) is 6.92 Å². The zero-order valence-electron chi connectivity index (χ0n) is 12.7. The van der Waals surface area contributed by atoms with Crippen molar-refractivity contribution >= 4 is 5.91 Å². The molecule has 0 unspecified atom stereocenters. The largest absolute Gasteiger partial charge is 0.384 e. The quantitative estimate of drug-likeness (QED) is 0.906. The van der Waals surface area contributed by atoms with Gasteiger partial charge in [-0.05, 0) is 38.0 Å². The molecule has 0 radical (unpaired) electrons. The smallest absolute Gasteiger partial charge is 0.251 e. The van der Waals surface area contributed by atoms with Crippen molar-refractivity contribution in [1.82, 2.24) is 5.32 Å². The fourth-order valence-electron chi connectivity index (χ4n) is 2.23. The third kappa shape index (κ3) is 3.70. The van der Waals surface area contributed by atoms with Gasteiger partial charge in [0.25, 0.3) is 5.91 Å². The number of aryl methyl sites for hydroxylation is 2. The molecule has 0 bridgehead atoms. The monoisotopic (exact) mass is 283 g/mol. The summed E-state index contributed by atoms with van der Waals surface area (Å²) in [5.74, 6) is -0.160. The molecule has 110 valence electrons. The van der Waals surface area contributed by atoms with E-state index in [1.807, 2.05) is 62.4 Å². The minimum absolute atomic E-state index is 0.160. The van der Waals surface area contributed by atoms with Gasteiger partial charge in [0.05, 0.1) is 6.54 Å². The Morgan fingerprint density at radius 2 is 1.81 bits per heavy atom.